The van der Waals surface area contributed by atoms with Crippen molar-refractivity contribution in [3.8, 4) is 17.4 Å². The molecule has 0 atom stereocenters. The number of benzene rings is 2. The summed E-state index contributed by atoms with van der Waals surface area (Å²) in [7, 11) is 1.61. The first-order valence-corrected chi connectivity index (χ1v) is 9.63. The second-order valence-corrected chi connectivity index (χ2v) is 6.95. The standard InChI is InChI=1S/C21H21FN2O2S/c1-4-17-12-20(26-18-9-8-14(2)10-19(18)25-3)24-21(23-17)27-13-15-6-5-7-16(22)11-15/h5-12H,4,13H2,1-3H3. The third kappa shape index (κ3) is 5.20. The minimum Gasteiger partial charge on any atom is -0.493 e. The van der Waals surface area contributed by atoms with Crippen molar-refractivity contribution in [3.63, 3.8) is 0 Å². The van der Waals surface area contributed by atoms with E-state index in [-0.39, 0.29) is 5.82 Å². The molecule has 0 unspecified atom stereocenters. The molecule has 4 nitrogen and oxygen atoms in total. The number of halogens is 1. The Morgan fingerprint density at radius 1 is 1.04 bits per heavy atom. The summed E-state index contributed by atoms with van der Waals surface area (Å²) in [5.41, 5.74) is 2.85. The normalized spacial score (nSPS) is 10.7. The summed E-state index contributed by atoms with van der Waals surface area (Å²) in [6.07, 6.45) is 0.761. The van der Waals surface area contributed by atoms with Gasteiger partial charge in [0.1, 0.15) is 5.82 Å². The molecule has 1 heterocycles. The van der Waals surface area contributed by atoms with Crippen LogP contribution in [0.25, 0.3) is 0 Å². The fourth-order valence-electron chi connectivity index (χ4n) is 2.49. The van der Waals surface area contributed by atoms with Gasteiger partial charge in [-0.15, -0.1) is 0 Å². The molecule has 3 aromatic rings. The summed E-state index contributed by atoms with van der Waals surface area (Å²) in [6, 6.07) is 14.1. The Bertz CT molecular complexity index is 934. The van der Waals surface area contributed by atoms with Gasteiger partial charge in [0, 0.05) is 17.5 Å². The van der Waals surface area contributed by atoms with Crippen molar-refractivity contribution in [3.05, 3.63) is 71.2 Å². The van der Waals surface area contributed by atoms with E-state index in [1.807, 2.05) is 44.2 Å². The molecule has 3 rings (SSSR count). The van der Waals surface area contributed by atoms with Gasteiger partial charge in [0.15, 0.2) is 16.7 Å². The van der Waals surface area contributed by atoms with Crippen LogP contribution in [-0.4, -0.2) is 17.1 Å². The van der Waals surface area contributed by atoms with E-state index in [1.54, 1.807) is 13.2 Å². The fourth-order valence-corrected chi connectivity index (χ4v) is 3.31. The zero-order chi connectivity index (χ0) is 19.2. The lowest BCUT2D eigenvalue weighted by Crippen LogP contribution is -1.98. The highest BCUT2D eigenvalue weighted by atomic mass is 32.2. The summed E-state index contributed by atoms with van der Waals surface area (Å²) in [6.45, 7) is 4.02. The third-order valence-electron chi connectivity index (χ3n) is 3.89. The zero-order valence-electron chi connectivity index (χ0n) is 15.5. The Kier molecular flexibility index (Phi) is 6.29. The van der Waals surface area contributed by atoms with Crippen LogP contribution < -0.4 is 9.47 Å². The average Bonchev–Trinajstić information content (AvgIpc) is 2.67. The van der Waals surface area contributed by atoms with Gasteiger partial charge in [-0.05, 0) is 48.7 Å². The van der Waals surface area contributed by atoms with Crippen molar-refractivity contribution >= 4 is 11.8 Å². The van der Waals surface area contributed by atoms with Crippen molar-refractivity contribution in [2.75, 3.05) is 7.11 Å². The smallest absolute Gasteiger partial charge is 0.223 e. The second-order valence-electron chi connectivity index (χ2n) is 6.01. The molecule has 0 radical (unpaired) electrons. The van der Waals surface area contributed by atoms with Gasteiger partial charge in [-0.3, -0.25) is 0 Å². The summed E-state index contributed by atoms with van der Waals surface area (Å²) in [5.74, 6) is 2.06. The van der Waals surface area contributed by atoms with E-state index in [0.717, 1.165) is 23.2 Å². The van der Waals surface area contributed by atoms with Gasteiger partial charge in [0.05, 0.1) is 7.11 Å². The second kappa shape index (κ2) is 8.86. The number of hydrogen-bond acceptors (Lipinski definition) is 5. The van der Waals surface area contributed by atoms with Crippen LogP contribution in [0.2, 0.25) is 0 Å². The Balaban J connectivity index is 1.81. The summed E-state index contributed by atoms with van der Waals surface area (Å²) < 4.78 is 24.7. The van der Waals surface area contributed by atoms with E-state index >= 15 is 0 Å². The molecule has 0 N–H and O–H groups in total. The third-order valence-corrected chi connectivity index (χ3v) is 4.81. The van der Waals surface area contributed by atoms with Crippen LogP contribution in [-0.2, 0) is 12.2 Å². The molecule has 27 heavy (non-hydrogen) atoms. The Labute approximate surface area is 162 Å². The highest BCUT2D eigenvalue weighted by Crippen LogP contribution is 2.32. The molecule has 6 heteroatoms. The molecule has 0 spiro atoms. The van der Waals surface area contributed by atoms with Gasteiger partial charge in [-0.1, -0.05) is 36.9 Å². The van der Waals surface area contributed by atoms with E-state index in [4.69, 9.17) is 9.47 Å². The van der Waals surface area contributed by atoms with Crippen molar-refractivity contribution < 1.29 is 13.9 Å². The van der Waals surface area contributed by atoms with Crippen LogP contribution in [0, 0.1) is 12.7 Å². The molecule has 0 aliphatic rings. The van der Waals surface area contributed by atoms with Crippen molar-refractivity contribution in [2.45, 2.75) is 31.2 Å². The molecule has 2 aromatic carbocycles. The first-order chi connectivity index (χ1) is 13.1. The van der Waals surface area contributed by atoms with Crippen LogP contribution in [0.4, 0.5) is 4.39 Å². The molecule has 0 saturated carbocycles. The monoisotopic (exact) mass is 384 g/mol. The number of methoxy groups -OCH3 is 1. The van der Waals surface area contributed by atoms with Gasteiger partial charge < -0.3 is 9.47 Å². The lowest BCUT2D eigenvalue weighted by atomic mass is 10.2. The zero-order valence-corrected chi connectivity index (χ0v) is 16.3. The van der Waals surface area contributed by atoms with E-state index in [9.17, 15) is 4.39 Å². The van der Waals surface area contributed by atoms with Crippen molar-refractivity contribution in [1.29, 1.82) is 0 Å². The van der Waals surface area contributed by atoms with E-state index < -0.39 is 0 Å². The quantitative estimate of drug-likeness (QED) is 0.393. The van der Waals surface area contributed by atoms with Crippen LogP contribution in [0.1, 0.15) is 23.7 Å². The first kappa shape index (κ1) is 19.2. The molecule has 0 saturated heterocycles. The first-order valence-electron chi connectivity index (χ1n) is 8.65. The lowest BCUT2D eigenvalue weighted by Gasteiger charge is -2.12. The van der Waals surface area contributed by atoms with Crippen molar-refractivity contribution in [2.24, 2.45) is 0 Å². The minimum atomic E-state index is -0.244. The van der Waals surface area contributed by atoms with Crippen molar-refractivity contribution in [1.82, 2.24) is 9.97 Å². The van der Waals surface area contributed by atoms with Crippen LogP contribution >= 0.6 is 11.8 Å². The predicted octanol–water partition coefficient (Wildman–Crippen LogP) is 5.58. The largest absolute Gasteiger partial charge is 0.493 e. The van der Waals surface area contributed by atoms with E-state index in [1.165, 1.54) is 23.9 Å². The number of ether oxygens (including phenoxy) is 2. The summed E-state index contributed by atoms with van der Waals surface area (Å²) in [5, 5.41) is 0.597. The average molecular weight is 384 g/mol. The molecule has 0 amide bonds. The molecule has 0 bridgehead atoms. The van der Waals surface area contributed by atoms with Crippen LogP contribution in [0.15, 0.2) is 53.7 Å². The predicted molar refractivity (Wildman–Crippen MR) is 105 cm³/mol. The molecule has 1 aromatic heterocycles. The maximum Gasteiger partial charge on any atom is 0.223 e. The minimum absolute atomic E-state index is 0.244. The molecule has 140 valence electrons. The number of aromatic nitrogens is 2. The van der Waals surface area contributed by atoms with E-state index in [0.29, 0.717) is 28.3 Å². The van der Waals surface area contributed by atoms with Crippen LogP contribution in [0.5, 0.6) is 17.4 Å². The Hall–Kier alpha value is -2.60. The maximum atomic E-state index is 13.3. The SMILES string of the molecule is CCc1cc(Oc2ccc(C)cc2OC)nc(SCc2cccc(F)c2)n1. The molecule has 0 fully saturated rings. The Morgan fingerprint density at radius 2 is 1.89 bits per heavy atom. The maximum absolute atomic E-state index is 13.3. The summed E-state index contributed by atoms with van der Waals surface area (Å²) in [4.78, 5) is 9.03. The van der Waals surface area contributed by atoms with Gasteiger partial charge in [-0.25, -0.2) is 9.37 Å². The molecule has 0 aliphatic heterocycles. The number of nitrogens with zero attached hydrogens (tertiary/aromatic N) is 2. The number of aryl methyl sites for hydroxylation is 2. The molecular formula is C21H21FN2O2S. The van der Waals surface area contributed by atoms with Gasteiger partial charge in [-0.2, -0.15) is 4.98 Å². The molecular weight excluding hydrogens is 363 g/mol. The van der Waals surface area contributed by atoms with E-state index in [2.05, 4.69) is 9.97 Å². The highest BCUT2D eigenvalue weighted by Gasteiger charge is 2.11. The number of hydrogen-bond donors (Lipinski definition) is 0. The van der Waals surface area contributed by atoms with Crippen LogP contribution in [0.3, 0.4) is 0 Å². The highest BCUT2D eigenvalue weighted by molar-refractivity contribution is 7.98. The lowest BCUT2D eigenvalue weighted by molar-refractivity contribution is 0.372. The van der Waals surface area contributed by atoms with Gasteiger partial charge in [0.25, 0.3) is 0 Å². The number of rotatable bonds is 7. The van der Waals surface area contributed by atoms with Gasteiger partial charge in [0.2, 0.25) is 5.88 Å². The summed E-state index contributed by atoms with van der Waals surface area (Å²) >= 11 is 1.45. The number of thioether (sulfide) groups is 1. The fraction of sp³-hybridized carbons (Fsp3) is 0.238. The molecule has 0 aliphatic carbocycles. The van der Waals surface area contributed by atoms with Gasteiger partial charge >= 0.3 is 0 Å². The Morgan fingerprint density at radius 3 is 2.63 bits per heavy atom. The topological polar surface area (TPSA) is 44.2 Å².